The van der Waals surface area contributed by atoms with Crippen molar-refractivity contribution in [1.29, 1.82) is 0 Å². The largest absolute Gasteiger partial charge is 0.354 e. The van der Waals surface area contributed by atoms with Gasteiger partial charge in [0, 0.05) is 6.54 Å². The molecule has 1 heterocycles. The topological polar surface area (TPSA) is 78.5 Å². The van der Waals surface area contributed by atoms with Crippen LogP contribution < -0.4 is 10.6 Å². The quantitative estimate of drug-likeness (QED) is 0.756. The van der Waals surface area contributed by atoms with Crippen LogP contribution in [-0.2, 0) is 9.59 Å². The molecule has 0 aromatic rings. The minimum absolute atomic E-state index is 0.152. The van der Waals surface area contributed by atoms with E-state index in [0.29, 0.717) is 12.5 Å². The van der Waals surface area contributed by atoms with Crippen molar-refractivity contribution in [2.75, 3.05) is 13.1 Å². The Balaban J connectivity index is 1.47. The highest BCUT2D eigenvalue weighted by molar-refractivity contribution is 6.06. The third-order valence-corrected chi connectivity index (χ3v) is 5.79. The predicted octanol–water partition coefficient (Wildman–Crippen LogP) is 2.18. The van der Waals surface area contributed by atoms with Crippen molar-refractivity contribution < 1.29 is 14.4 Å². The minimum atomic E-state index is -0.427. The predicted molar refractivity (Wildman–Crippen MR) is 90.2 cm³/mol. The average molecular weight is 335 g/mol. The fraction of sp³-hybridized carbons (Fsp3) is 0.833. The zero-order chi connectivity index (χ0) is 16.9. The number of carbonyl (C=O) groups is 3. The second-order valence-corrected chi connectivity index (χ2v) is 7.56. The van der Waals surface area contributed by atoms with E-state index < -0.39 is 12.1 Å². The molecule has 134 valence electrons. The number of rotatable bonds is 5. The Morgan fingerprint density at radius 3 is 2.29 bits per heavy atom. The van der Waals surface area contributed by atoms with Gasteiger partial charge < -0.3 is 10.6 Å². The molecule has 2 aliphatic carbocycles. The Hall–Kier alpha value is -1.59. The third kappa shape index (κ3) is 4.08. The molecule has 4 amide bonds. The van der Waals surface area contributed by atoms with Gasteiger partial charge in [0.2, 0.25) is 5.91 Å². The maximum atomic E-state index is 12.5. The van der Waals surface area contributed by atoms with E-state index in [1.54, 1.807) is 0 Å². The monoisotopic (exact) mass is 335 g/mol. The van der Waals surface area contributed by atoms with Gasteiger partial charge in [-0.2, -0.15) is 0 Å². The van der Waals surface area contributed by atoms with Gasteiger partial charge in [0.25, 0.3) is 5.91 Å². The van der Waals surface area contributed by atoms with Gasteiger partial charge in [0.15, 0.2) is 0 Å². The standard InChI is InChI=1S/C18H29N3O3/c22-15(19-11-13-7-3-1-4-8-13)12-21-17(23)16(20-18(21)24)14-9-5-2-6-10-14/h13-14,16H,1-12H2,(H,19,22)(H,20,24)/t16-/m0/s1. The van der Waals surface area contributed by atoms with E-state index in [-0.39, 0.29) is 24.3 Å². The Morgan fingerprint density at radius 1 is 1.00 bits per heavy atom. The molecule has 3 fully saturated rings. The van der Waals surface area contributed by atoms with Gasteiger partial charge in [0.1, 0.15) is 12.6 Å². The van der Waals surface area contributed by atoms with Gasteiger partial charge in [-0.25, -0.2) is 4.79 Å². The summed E-state index contributed by atoms with van der Waals surface area (Å²) in [5.41, 5.74) is 0. The van der Waals surface area contributed by atoms with Gasteiger partial charge in [-0.1, -0.05) is 38.5 Å². The lowest BCUT2D eigenvalue weighted by atomic mass is 9.84. The van der Waals surface area contributed by atoms with Crippen molar-refractivity contribution >= 4 is 17.8 Å². The van der Waals surface area contributed by atoms with E-state index in [1.165, 1.54) is 25.7 Å². The highest BCUT2D eigenvalue weighted by Crippen LogP contribution is 2.29. The zero-order valence-corrected chi connectivity index (χ0v) is 14.4. The van der Waals surface area contributed by atoms with Crippen LogP contribution in [0.3, 0.4) is 0 Å². The first-order valence-electron chi connectivity index (χ1n) is 9.53. The van der Waals surface area contributed by atoms with Crippen molar-refractivity contribution in [3.63, 3.8) is 0 Å². The molecular formula is C18H29N3O3. The van der Waals surface area contributed by atoms with Crippen molar-refractivity contribution in [2.24, 2.45) is 11.8 Å². The number of nitrogens with zero attached hydrogens (tertiary/aromatic N) is 1. The molecule has 1 saturated heterocycles. The van der Waals surface area contributed by atoms with E-state index >= 15 is 0 Å². The lowest BCUT2D eigenvalue weighted by Crippen LogP contribution is -2.43. The van der Waals surface area contributed by atoms with Crippen LogP contribution >= 0.6 is 0 Å². The summed E-state index contributed by atoms with van der Waals surface area (Å²) < 4.78 is 0. The minimum Gasteiger partial charge on any atom is -0.354 e. The molecule has 0 aromatic heterocycles. The smallest absolute Gasteiger partial charge is 0.325 e. The summed E-state index contributed by atoms with van der Waals surface area (Å²) in [4.78, 5) is 37.8. The van der Waals surface area contributed by atoms with Gasteiger partial charge in [0.05, 0.1) is 0 Å². The van der Waals surface area contributed by atoms with Crippen LogP contribution in [0, 0.1) is 11.8 Å². The van der Waals surface area contributed by atoms with Gasteiger partial charge in [-0.3, -0.25) is 14.5 Å². The van der Waals surface area contributed by atoms with E-state index in [9.17, 15) is 14.4 Å². The average Bonchev–Trinajstić information content (AvgIpc) is 2.90. The molecule has 1 aliphatic heterocycles. The van der Waals surface area contributed by atoms with E-state index in [1.807, 2.05) is 0 Å². The highest BCUT2D eigenvalue weighted by atomic mass is 16.2. The Kier molecular flexibility index (Phi) is 5.74. The van der Waals surface area contributed by atoms with Crippen molar-refractivity contribution in [1.82, 2.24) is 15.5 Å². The molecule has 24 heavy (non-hydrogen) atoms. The molecular weight excluding hydrogens is 306 g/mol. The molecule has 3 aliphatic rings. The summed E-state index contributed by atoms with van der Waals surface area (Å²) in [6.45, 7) is 0.509. The molecule has 6 nitrogen and oxygen atoms in total. The van der Waals surface area contributed by atoms with Crippen LogP contribution in [0.2, 0.25) is 0 Å². The molecule has 3 rings (SSSR count). The Bertz CT molecular complexity index is 482. The Labute approximate surface area is 143 Å². The number of urea groups is 1. The number of hydrogen-bond donors (Lipinski definition) is 2. The first-order chi connectivity index (χ1) is 11.6. The number of carbonyl (C=O) groups excluding carboxylic acids is 3. The number of imide groups is 1. The lowest BCUT2D eigenvalue weighted by molar-refractivity contribution is -0.133. The van der Waals surface area contributed by atoms with Crippen LogP contribution in [-0.4, -0.2) is 41.9 Å². The molecule has 6 heteroatoms. The normalized spacial score (nSPS) is 26.5. The van der Waals surface area contributed by atoms with Gasteiger partial charge >= 0.3 is 6.03 Å². The van der Waals surface area contributed by atoms with Crippen molar-refractivity contribution in [2.45, 2.75) is 70.3 Å². The maximum Gasteiger partial charge on any atom is 0.325 e. The van der Waals surface area contributed by atoms with E-state index in [2.05, 4.69) is 10.6 Å². The van der Waals surface area contributed by atoms with Gasteiger partial charge in [-0.05, 0) is 37.5 Å². The molecule has 0 radical (unpaired) electrons. The zero-order valence-electron chi connectivity index (χ0n) is 14.4. The lowest BCUT2D eigenvalue weighted by Gasteiger charge is -2.25. The second kappa shape index (κ2) is 7.99. The van der Waals surface area contributed by atoms with Gasteiger partial charge in [-0.15, -0.1) is 0 Å². The summed E-state index contributed by atoms with van der Waals surface area (Å²) in [5, 5.41) is 5.69. The SMILES string of the molecule is O=C(CN1C(=O)N[C@@H](C2CCCCC2)C1=O)NCC1CCCCC1. The molecule has 0 unspecified atom stereocenters. The van der Waals surface area contributed by atoms with Crippen LogP contribution in [0.4, 0.5) is 4.79 Å². The second-order valence-electron chi connectivity index (χ2n) is 7.56. The van der Waals surface area contributed by atoms with Crippen molar-refractivity contribution in [3.05, 3.63) is 0 Å². The summed E-state index contributed by atoms with van der Waals surface area (Å²) in [7, 11) is 0. The van der Waals surface area contributed by atoms with E-state index in [4.69, 9.17) is 0 Å². The molecule has 0 aromatic carbocycles. The Morgan fingerprint density at radius 2 is 1.62 bits per heavy atom. The summed E-state index contributed by atoms with van der Waals surface area (Å²) in [5.74, 6) is 0.319. The molecule has 2 saturated carbocycles. The molecule has 2 N–H and O–H groups in total. The summed E-state index contributed by atoms with van der Waals surface area (Å²) in [6.07, 6.45) is 11.5. The fourth-order valence-electron chi connectivity index (χ4n) is 4.33. The van der Waals surface area contributed by atoms with Crippen LogP contribution in [0.5, 0.6) is 0 Å². The molecule has 0 spiro atoms. The van der Waals surface area contributed by atoms with E-state index in [0.717, 1.165) is 43.4 Å². The van der Waals surface area contributed by atoms with Crippen LogP contribution in [0.15, 0.2) is 0 Å². The summed E-state index contributed by atoms with van der Waals surface area (Å²) >= 11 is 0. The van der Waals surface area contributed by atoms with Crippen LogP contribution in [0.25, 0.3) is 0 Å². The molecule has 0 bridgehead atoms. The number of nitrogens with one attached hydrogen (secondary N) is 2. The number of amides is 4. The maximum absolute atomic E-state index is 12.5. The first kappa shape index (κ1) is 17.2. The summed E-state index contributed by atoms with van der Waals surface area (Å²) in [6, 6.07) is -0.840. The number of hydrogen-bond acceptors (Lipinski definition) is 3. The van der Waals surface area contributed by atoms with Crippen molar-refractivity contribution in [3.8, 4) is 0 Å². The third-order valence-electron chi connectivity index (χ3n) is 5.79. The van der Waals surface area contributed by atoms with Crippen LogP contribution in [0.1, 0.15) is 64.2 Å². The molecule has 1 atom stereocenters. The fourth-order valence-corrected chi connectivity index (χ4v) is 4.33. The highest BCUT2D eigenvalue weighted by Gasteiger charge is 2.43. The first-order valence-corrected chi connectivity index (χ1v) is 9.53.